The van der Waals surface area contributed by atoms with E-state index in [4.69, 9.17) is 4.74 Å². The molecule has 0 fully saturated rings. The normalized spacial score (nSPS) is 12.0. The van der Waals surface area contributed by atoms with Crippen molar-refractivity contribution in [1.29, 1.82) is 0 Å². The van der Waals surface area contributed by atoms with E-state index in [1.807, 2.05) is 30.5 Å². The van der Waals surface area contributed by atoms with Crippen molar-refractivity contribution in [3.63, 3.8) is 0 Å². The number of carbonyl (C=O) groups excluding carboxylic acids is 1. The van der Waals surface area contributed by atoms with Crippen LogP contribution in [0.5, 0.6) is 5.88 Å². The Hall–Kier alpha value is -1.99. The Labute approximate surface area is 133 Å². The summed E-state index contributed by atoms with van der Waals surface area (Å²) in [6.07, 6.45) is 2.81. The molecule has 1 heterocycles. The predicted molar refractivity (Wildman–Crippen MR) is 85.3 cm³/mol. The second-order valence-corrected chi connectivity index (χ2v) is 5.60. The highest BCUT2D eigenvalue weighted by molar-refractivity contribution is 7.98. The van der Waals surface area contributed by atoms with Gasteiger partial charge in [0.25, 0.3) is 5.91 Å². The Bertz CT molecular complexity index is 640. The number of nitrogens with zero attached hydrogens (tertiary/aromatic N) is 2. The van der Waals surface area contributed by atoms with Crippen LogP contribution in [0.25, 0.3) is 0 Å². The molecule has 1 amide bonds. The molecule has 7 heteroatoms. The van der Waals surface area contributed by atoms with E-state index in [-0.39, 0.29) is 18.3 Å². The first-order valence-corrected chi connectivity index (χ1v) is 7.95. The van der Waals surface area contributed by atoms with Gasteiger partial charge in [0.15, 0.2) is 0 Å². The number of methoxy groups -OCH3 is 1. The van der Waals surface area contributed by atoms with E-state index in [9.17, 15) is 9.90 Å². The van der Waals surface area contributed by atoms with E-state index >= 15 is 0 Å². The van der Waals surface area contributed by atoms with E-state index < -0.39 is 6.10 Å². The molecular formula is C15H19N3O3S. The van der Waals surface area contributed by atoms with Gasteiger partial charge in [-0.25, -0.2) is 0 Å². The molecule has 118 valence electrons. The summed E-state index contributed by atoms with van der Waals surface area (Å²) in [6.45, 7) is 0.121. The van der Waals surface area contributed by atoms with Gasteiger partial charge in [-0.3, -0.25) is 9.48 Å². The zero-order valence-corrected chi connectivity index (χ0v) is 13.6. The number of ether oxygens (including phenoxy) is 1. The summed E-state index contributed by atoms with van der Waals surface area (Å²) in [4.78, 5) is 13.2. The van der Waals surface area contributed by atoms with Crippen molar-refractivity contribution >= 4 is 17.7 Å². The Morgan fingerprint density at radius 3 is 2.73 bits per heavy atom. The third kappa shape index (κ3) is 3.80. The summed E-state index contributed by atoms with van der Waals surface area (Å²) in [5.74, 6) is -0.0662. The Morgan fingerprint density at radius 1 is 1.45 bits per heavy atom. The molecule has 0 aliphatic heterocycles. The average Bonchev–Trinajstić information content (AvgIpc) is 2.93. The standard InChI is InChI=1S/C15H19N3O3S/c1-18-9-12(15(17-18)21-2)14(20)16-8-13(19)10-4-6-11(22-3)7-5-10/h4-7,9,13,19H,8H2,1-3H3,(H,16,20)/t13-/m1/s1. The summed E-state index contributed by atoms with van der Waals surface area (Å²) in [5.41, 5.74) is 1.10. The Balaban J connectivity index is 1.97. The van der Waals surface area contributed by atoms with Crippen LogP contribution in [-0.4, -0.2) is 40.7 Å². The summed E-state index contributed by atoms with van der Waals surface area (Å²) in [7, 11) is 3.17. The second kappa shape index (κ2) is 7.33. The smallest absolute Gasteiger partial charge is 0.258 e. The third-order valence-electron chi connectivity index (χ3n) is 3.19. The largest absolute Gasteiger partial charge is 0.479 e. The van der Waals surface area contributed by atoms with Gasteiger partial charge in [-0.1, -0.05) is 12.1 Å². The molecule has 0 unspecified atom stereocenters. The number of aliphatic hydroxyl groups is 1. The number of nitrogens with one attached hydrogen (secondary N) is 1. The molecule has 0 aliphatic carbocycles. The zero-order valence-electron chi connectivity index (χ0n) is 12.7. The van der Waals surface area contributed by atoms with Crippen molar-refractivity contribution in [3.8, 4) is 5.88 Å². The van der Waals surface area contributed by atoms with E-state index in [1.165, 1.54) is 11.8 Å². The van der Waals surface area contributed by atoms with Crippen LogP contribution >= 0.6 is 11.8 Å². The van der Waals surface area contributed by atoms with Crippen molar-refractivity contribution in [3.05, 3.63) is 41.6 Å². The minimum Gasteiger partial charge on any atom is -0.479 e. The SMILES string of the molecule is COc1nn(C)cc1C(=O)NC[C@@H](O)c1ccc(SC)cc1. The molecule has 6 nitrogen and oxygen atoms in total. The van der Waals surface area contributed by atoms with Crippen LogP contribution < -0.4 is 10.1 Å². The van der Waals surface area contributed by atoms with Crippen molar-refractivity contribution in [2.75, 3.05) is 19.9 Å². The monoisotopic (exact) mass is 321 g/mol. The molecule has 0 spiro atoms. The lowest BCUT2D eigenvalue weighted by molar-refractivity contribution is 0.0913. The van der Waals surface area contributed by atoms with Crippen LogP contribution in [0.15, 0.2) is 35.4 Å². The van der Waals surface area contributed by atoms with E-state index in [1.54, 1.807) is 25.0 Å². The van der Waals surface area contributed by atoms with Gasteiger partial charge in [0.05, 0.1) is 13.2 Å². The summed E-state index contributed by atoms with van der Waals surface area (Å²) < 4.78 is 6.55. The van der Waals surface area contributed by atoms with Crippen molar-refractivity contribution in [2.24, 2.45) is 7.05 Å². The van der Waals surface area contributed by atoms with E-state index in [2.05, 4.69) is 10.4 Å². The summed E-state index contributed by atoms with van der Waals surface area (Å²) >= 11 is 1.64. The summed E-state index contributed by atoms with van der Waals surface area (Å²) in [5, 5.41) is 16.8. The highest BCUT2D eigenvalue weighted by Crippen LogP contribution is 2.19. The number of carbonyl (C=O) groups is 1. The first kappa shape index (κ1) is 16.4. The number of hydrogen-bond acceptors (Lipinski definition) is 5. The van der Waals surface area contributed by atoms with Gasteiger partial charge >= 0.3 is 0 Å². The molecule has 0 saturated carbocycles. The number of thioether (sulfide) groups is 1. The fraction of sp³-hybridized carbons (Fsp3) is 0.333. The van der Waals surface area contributed by atoms with Crippen molar-refractivity contribution in [1.82, 2.24) is 15.1 Å². The van der Waals surface area contributed by atoms with Gasteiger partial charge in [-0.05, 0) is 24.0 Å². The third-order valence-corrected chi connectivity index (χ3v) is 3.93. The number of amides is 1. The van der Waals surface area contributed by atoms with Crippen LogP contribution in [0.3, 0.4) is 0 Å². The van der Waals surface area contributed by atoms with Crippen LogP contribution in [-0.2, 0) is 7.05 Å². The quantitative estimate of drug-likeness (QED) is 0.791. The first-order valence-electron chi connectivity index (χ1n) is 6.73. The van der Waals surface area contributed by atoms with Gasteiger partial charge in [-0.15, -0.1) is 16.9 Å². The minimum absolute atomic E-state index is 0.121. The lowest BCUT2D eigenvalue weighted by Gasteiger charge is -2.12. The van der Waals surface area contributed by atoms with Gasteiger partial charge in [-0.2, -0.15) is 0 Å². The van der Waals surface area contributed by atoms with E-state index in [0.29, 0.717) is 5.56 Å². The van der Waals surface area contributed by atoms with Gasteiger partial charge in [0.2, 0.25) is 5.88 Å². The molecule has 1 aromatic heterocycles. The van der Waals surface area contributed by atoms with Gasteiger partial charge in [0.1, 0.15) is 5.56 Å². The van der Waals surface area contributed by atoms with Crippen LogP contribution in [0.2, 0.25) is 0 Å². The van der Waals surface area contributed by atoms with Crippen LogP contribution in [0.1, 0.15) is 22.0 Å². The van der Waals surface area contributed by atoms with Crippen LogP contribution in [0, 0.1) is 0 Å². The molecule has 0 aliphatic rings. The maximum absolute atomic E-state index is 12.1. The molecule has 1 atom stereocenters. The van der Waals surface area contributed by atoms with Gasteiger partial charge in [0, 0.05) is 24.7 Å². The summed E-state index contributed by atoms with van der Waals surface area (Å²) in [6, 6.07) is 7.59. The van der Waals surface area contributed by atoms with Crippen molar-refractivity contribution < 1.29 is 14.6 Å². The number of hydrogen-bond donors (Lipinski definition) is 2. The Morgan fingerprint density at radius 2 is 2.14 bits per heavy atom. The van der Waals surface area contributed by atoms with Crippen molar-refractivity contribution in [2.45, 2.75) is 11.0 Å². The molecule has 0 saturated heterocycles. The number of benzene rings is 1. The number of aliphatic hydroxyl groups excluding tert-OH is 1. The van der Waals surface area contributed by atoms with E-state index in [0.717, 1.165) is 10.5 Å². The maximum Gasteiger partial charge on any atom is 0.258 e. The Kier molecular flexibility index (Phi) is 5.46. The number of aryl methyl sites for hydroxylation is 1. The molecule has 22 heavy (non-hydrogen) atoms. The fourth-order valence-corrected chi connectivity index (χ4v) is 2.41. The molecule has 1 aromatic carbocycles. The first-order chi connectivity index (χ1) is 10.5. The average molecular weight is 321 g/mol. The minimum atomic E-state index is -0.762. The molecule has 0 bridgehead atoms. The maximum atomic E-state index is 12.1. The highest BCUT2D eigenvalue weighted by atomic mass is 32.2. The second-order valence-electron chi connectivity index (χ2n) is 4.72. The molecule has 2 rings (SSSR count). The fourth-order valence-electron chi connectivity index (χ4n) is 2.00. The molecular weight excluding hydrogens is 302 g/mol. The predicted octanol–water partition coefficient (Wildman–Crippen LogP) is 1.61. The topological polar surface area (TPSA) is 76.4 Å². The number of aromatic nitrogens is 2. The highest BCUT2D eigenvalue weighted by Gasteiger charge is 2.17. The number of rotatable bonds is 6. The lowest BCUT2D eigenvalue weighted by Crippen LogP contribution is -2.28. The lowest BCUT2D eigenvalue weighted by atomic mass is 10.1. The molecule has 0 radical (unpaired) electrons. The molecule has 2 N–H and O–H groups in total. The zero-order chi connectivity index (χ0) is 16.1. The molecule has 2 aromatic rings. The van der Waals surface area contributed by atoms with Gasteiger partial charge < -0.3 is 15.2 Å². The van der Waals surface area contributed by atoms with Crippen LogP contribution in [0.4, 0.5) is 0 Å².